The van der Waals surface area contributed by atoms with E-state index in [1.807, 2.05) is 12.1 Å². The van der Waals surface area contributed by atoms with Crippen LogP contribution < -0.4 is 10.6 Å². The Bertz CT molecular complexity index is 1170. The van der Waals surface area contributed by atoms with Gasteiger partial charge >= 0.3 is 0 Å². The van der Waals surface area contributed by atoms with Gasteiger partial charge in [-0.3, -0.25) is 14.6 Å². The van der Waals surface area contributed by atoms with E-state index in [-0.39, 0.29) is 30.4 Å². The molecule has 1 atom stereocenters. The topological polar surface area (TPSA) is 116 Å². The average Bonchev–Trinajstić information content (AvgIpc) is 2.86. The van der Waals surface area contributed by atoms with E-state index >= 15 is 0 Å². The number of nitrogens with zero attached hydrogens (tertiary/aromatic N) is 2. The van der Waals surface area contributed by atoms with Crippen molar-refractivity contribution in [2.75, 3.05) is 11.4 Å². The molecular formula is C24H21N3O4. The van der Waals surface area contributed by atoms with E-state index in [0.717, 1.165) is 5.56 Å². The number of fused-ring (bicyclic) bond motifs is 1. The van der Waals surface area contributed by atoms with Crippen LogP contribution >= 0.6 is 0 Å². The van der Waals surface area contributed by atoms with Crippen LogP contribution in [0.15, 0.2) is 77.8 Å². The second-order valence-corrected chi connectivity index (χ2v) is 7.32. The predicted octanol–water partition coefficient (Wildman–Crippen LogP) is 2.38. The van der Waals surface area contributed by atoms with Gasteiger partial charge in [0, 0.05) is 17.5 Å². The molecule has 2 amide bonds. The molecule has 7 heteroatoms. The minimum Gasteiger partial charge on any atom is -0.508 e. The molecule has 1 unspecified atom stereocenters. The first kappa shape index (κ1) is 20.2. The van der Waals surface area contributed by atoms with Crippen molar-refractivity contribution in [3.63, 3.8) is 0 Å². The number of benzene rings is 3. The van der Waals surface area contributed by atoms with E-state index in [4.69, 9.17) is 10.7 Å². The highest BCUT2D eigenvalue weighted by Gasteiger charge is 2.32. The number of carbonyl (C=O) groups excluding carboxylic acids is 2. The first-order valence-corrected chi connectivity index (χ1v) is 9.76. The molecule has 7 nitrogen and oxygen atoms in total. The maximum atomic E-state index is 13.5. The number of aromatic hydroxyl groups is 2. The molecule has 0 radical (unpaired) electrons. The Morgan fingerprint density at radius 3 is 2.42 bits per heavy atom. The maximum absolute atomic E-state index is 13.5. The summed E-state index contributed by atoms with van der Waals surface area (Å²) in [6.07, 6.45) is 0.269. The van der Waals surface area contributed by atoms with Gasteiger partial charge in [0.05, 0.1) is 11.4 Å². The van der Waals surface area contributed by atoms with Crippen LogP contribution in [0.4, 0.5) is 5.69 Å². The molecule has 3 aromatic carbocycles. The Hall–Kier alpha value is -4.13. The van der Waals surface area contributed by atoms with E-state index in [0.29, 0.717) is 22.5 Å². The van der Waals surface area contributed by atoms with Gasteiger partial charge in [-0.1, -0.05) is 42.5 Å². The fraction of sp³-hybridized carbons (Fsp3) is 0.125. The number of hydrogen-bond acceptors (Lipinski definition) is 5. The zero-order chi connectivity index (χ0) is 22.0. The number of aliphatic imine (C=N–C) groups is 1. The van der Waals surface area contributed by atoms with Crippen LogP contribution in [0.3, 0.4) is 0 Å². The number of rotatable bonds is 5. The van der Waals surface area contributed by atoms with Crippen molar-refractivity contribution in [1.29, 1.82) is 0 Å². The summed E-state index contributed by atoms with van der Waals surface area (Å²) < 4.78 is 0. The zero-order valence-electron chi connectivity index (χ0n) is 16.6. The summed E-state index contributed by atoms with van der Waals surface area (Å²) in [5.74, 6) is -0.776. The molecule has 1 aliphatic heterocycles. The molecule has 1 heterocycles. The minimum atomic E-state index is -0.825. The molecule has 0 fully saturated rings. The number of primary amides is 1. The van der Waals surface area contributed by atoms with Crippen molar-refractivity contribution in [3.8, 4) is 11.5 Å². The van der Waals surface area contributed by atoms with E-state index < -0.39 is 11.9 Å². The van der Waals surface area contributed by atoms with Gasteiger partial charge in [-0.05, 0) is 35.9 Å². The fourth-order valence-corrected chi connectivity index (χ4v) is 3.68. The van der Waals surface area contributed by atoms with Gasteiger partial charge in [0.25, 0.3) is 5.91 Å². The Kier molecular flexibility index (Phi) is 5.41. The van der Waals surface area contributed by atoms with Crippen LogP contribution in [0.25, 0.3) is 0 Å². The molecule has 0 aromatic heterocycles. The monoisotopic (exact) mass is 415 g/mol. The van der Waals surface area contributed by atoms with Crippen LogP contribution in [0.2, 0.25) is 0 Å². The molecule has 0 bridgehead atoms. The summed E-state index contributed by atoms with van der Waals surface area (Å²) in [6.45, 7) is -0.273. The van der Waals surface area contributed by atoms with Gasteiger partial charge in [-0.2, -0.15) is 0 Å². The predicted molar refractivity (Wildman–Crippen MR) is 117 cm³/mol. The molecule has 0 spiro atoms. The van der Waals surface area contributed by atoms with Gasteiger partial charge in [-0.25, -0.2) is 0 Å². The third-order valence-electron chi connectivity index (χ3n) is 5.08. The number of anilines is 1. The summed E-state index contributed by atoms with van der Waals surface area (Å²) in [5, 5.41) is 19.6. The van der Waals surface area contributed by atoms with Crippen molar-refractivity contribution in [2.45, 2.75) is 12.5 Å². The lowest BCUT2D eigenvalue weighted by molar-refractivity contribution is -0.123. The quantitative estimate of drug-likeness (QED) is 0.593. The fourth-order valence-electron chi connectivity index (χ4n) is 3.68. The number of carbonyl (C=O) groups is 2. The average molecular weight is 415 g/mol. The van der Waals surface area contributed by atoms with Crippen molar-refractivity contribution in [3.05, 3.63) is 89.5 Å². The van der Waals surface area contributed by atoms with Crippen molar-refractivity contribution < 1.29 is 19.8 Å². The SMILES string of the molecule is NC(=O)CN1C(=O)C(Cc2ccc(O)cc2)N=C(c2cccc(O)c2)c2ccccc21. The summed E-state index contributed by atoms with van der Waals surface area (Å²) in [7, 11) is 0. The number of nitrogens with two attached hydrogens (primary N) is 1. The van der Waals surface area contributed by atoms with Crippen LogP contribution in [-0.2, 0) is 16.0 Å². The van der Waals surface area contributed by atoms with Crippen LogP contribution in [-0.4, -0.2) is 40.3 Å². The summed E-state index contributed by atoms with van der Waals surface area (Å²) in [4.78, 5) is 31.4. The molecule has 0 aliphatic carbocycles. The lowest BCUT2D eigenvalue weighted by Crippen LogP contribution is -2.43. The minimum absolute atomic E-state index is 0.0809. The number of benzodiazepines with no additional fused rings is 1. The van der Waals surface area contributed by atoms with Crippen molar-refractivity contribution >= 4 is 23.2 Å². The second-order valence-electron chi connectivity index (χ2n) is 7.32. The molecule has 1 aliphatic rings. The maximum Gasteiger partial charge on any atom is 0.252 e. The van der Waals surface area contributed by atoms with Crippen molar-refractivity contribution in [2.24, 2.45) is 10.7 Å². The number of para-hydroxylation sites is 1. The molecule has 3 aromatic rings. The Morgan fingerprint density at radius 1 is 0.968 bits per heavy atom. The second kappa shape index (κ2) is 8.31. The smallest absolute Gasteiger partial charge is 0.252 e. The van der Waals surface area contributed by atoms with Gasteiger partial charge in [0.15, 0.2) is 0 Å². The molecule has 31 heavy (non-hydrogen) atoms. The van der Waals surface area contributed by atoms with Gasteiger partial charge in [-0.15, -0.1) is 0 Å². The number of phenols is 2. The molecule has 0 saturated carbocycles. The van der Waals surface area contributed by atoms with Crippen molar-refractivity contribution in [1.82, 2.24) is 0 Å². The molecule has 0 saturated heterocycles. The molecular weight excluding hydrogens is 394 g/mol. The third-order valence-corrected chi connectivity index (χ3v) is 5.08. The molecule has 156 valence electrons. The Labute approximate surface area is 179 Å². The summed E-state index contributed by atoms with van der Waals surface area (Å²) in [6, 6.07) is 19.6. The lowest BCUT2D eigenvalue weighted by atomic mass is 10.00. The first-order chi connectivity index (χ1) is 14.9. The number of amides is 2. The molecule has 4 rings (SSSR count). The van der Waals surface area contributed by atoms with Gasteiger partial charge in [0.2, 0.25) is 5.91 Å². The Balaban J connectivity index is 1.87. The Morgan fingerprint density at radius 2 is 1.71 bits per heavy atom. The summed E-state index contributed by atoms with van der Waals surface area (Å²) >= 11 is 0. The van der Waals surface area contributed by atoms with E-state index in [9.17, 15) is 19.8 Å². The normalized spacial score (nSPS) is 15.7. The van der Waals surface area contributed by atoms with Crippen LogP contribution in [0, 0.1) is 0 Å². The highest BCUT2D eigenvalue weighted by atomic mass is 16.3. The van der Waals surface area contributed by atoms with Crippen LogP contribution in [0.5, 0.6) is 11.5 Å². The van der Waals surface area contributed by atoms with E-state index in [2.05, 4.69) is 0 Å². The largest absolute Gasteiger partial charge is 0.508 e. The highest BCUT2D eigenvalue weighted by molar-refractivity contribution is 6.20. The van der Waals surface area contributed by atoms with E-state index in [1.165, 1.54) is 4.90 Å². The number of hydrogen-bond donors (Lipinski definition) is 3. The third kappa shape index (κ3) is 4.25. The zero-order valence-corrected chi connectivity index (χ0v) is 16.6. The molecule has 4 N–H and O–H groups in total. The van der Waals surface area contributed by atoms with Gasteiger partial charge < -0.3 is 20.8 Å². The summed E-state index contributed by atoms with van der Waals surface area (Å²) in [5.41, 5.74) is 8.63. The van der Waals surface area contributed by atoms with Gasteiger partial charge in [0.1, 0.15) is 24.1 Å². The highest BCUT2D eigenvalue weighted by Crippen LogP contribution is 2.30. The number of phenolic OH excluding ortho intramolecular Hbond substituents is 2. The standard InChI is InChI=1S/C24H21N3O4/c25-22(30)14-27-21-7-2-1-6-19(21)23(16-4-3-5-18(29)13-16)26-20(24(27)31)12-15-8-10-17(28)11-9-15/h1-11,13,20,28-29H,12,14H2,(H2,25,30). The lowest BCUT2D eigenvalue weighted by Gasteiger charge is -2.24. The van der Waals surface area contributed by atoms with E-state index in [1.54, 1.807) is 60.7 Å². The van der Waals surface area contributed by atoms with Crippen LogP contribution in [0.1, 0.15) is 16.7 Å². The first-order valence-electron chi connectivity index (χ1n) is 9.76.